The molecule has 0 aliphatic carbocycles. The number of likely N-dealkylation sites (tertiary alicyclic amines) is 1. The molecule has 4 atom stereocenters. The van der Waals surface area contributed by atoms with Crippen LogP contribution in [0.1, 0.15) is 11.1 Å². The van der Waals surface area contributed by atoms with Gasteiger partial charge >= 0.3 is 0 Å². The summed E-state index contributed by atoms with van der Waals surface area (Å²) in [4.78, 5) is 32.2. The van der Waals surface area contributed by atoms with Crippen LogP contribution >= 0.6 is 0 Å². The van der Waals surface area contributed by atoms with Crippen LogP contribution in [0, 0.1) is 11.8 Å². The molecule has 2 unspecified atom stereocenters. The molecule has 2 bridgehead atoms. The molecule has 4 heterocycles. The van der Waals surface area contributed by atoms with Crippen LogP contribution in [0.3, 0.4) is 0 Å². The Balaban J connectivity index is 1.29. The van der Waals surface area contributed by atoms with E-state index in [0.717, 1.165) is 16.9 Å². The quantitative estimate of drug-likeness (QED) is 0.740. The molecule has 5 rings (SSSR count). The summed E-state index contributed by atoms with van der Waals surface area (Å²) in [5.41, 5.74) is 1.22. The number of nitrogens with one attached hydrogen (secondary N) is 1. The van der Waals surface area contributed by atoms with Gasteiger partial charge in [-0.3, -0.25) is 14.6 Å². The van der Waals surface area contributed by atoms with Gasteiger partial charge in [-0.25, -0.2) is 0 Å². The van der Waals surface area contributed by atoms with Crippen LogP contribution in [0.25, 0.3) is 0 Å². The third-order valence-electron chi connectivity index (χ3n) is 6.20. The lowest BCUT2D eigenvalue weighted by Gasteiger charge is -2.23. The SMILES string of the molecule is COc1ccc(CNC(=O)C2[C@@H]3C=CC4(CN(Cc5cccnc5)C(=O)[C@H]24)O3)cc1. The van der Waals surface area contributed by atoms with E-state index in [9.17, 15) is 9.59 Å². The van der Waals surface area contributed by atoms with E-state index < -0.39 is 17.4 Å². The number of rotatable bonds is 6. The number of amides is 2. The molecule has 154 valence electrons. The van der Waals surface area contributed by atoms with Gasteiger partial charge in [0.1, 0.15) is 11.4 Å². The van der Waals surface area contributed by atoms with E-state index in [1.54, 1.807) is 24.4 Å². The summed E-state index contributed by atoms with van der Waals surface area (Å²) >= 11 is 0. The van der Waals surface area contributed by atoms with Crippen molar-refractivity contribution in [3.05, 3.63) is 72.1 Å². The van der Waals surface area contributed by atoms with E-state index in [2.05, 4.69) is 10.3 Å². The van der Waals surface area contributed by atoms with Gasteiger partial charge in [0, 0.05) is 25.5 Å². The topological polar surface area (TPSA) is 80.8 Å². The molecule has 7 nitrogen and oxygen atoms in total. The van der Waals surface area contributed by atoms with E-state index in [0.29, 0.717) is 19.6 Å². The highest BCUT2D eigenvalue weighted by Gasteiger charge is 2.66. The summed E-state index contributed by atoms with van der Waals surface area (Å²) in [7, 11) is 1.62. The first kappa shape index (κ1) is 18.8. The van der Waals surface area contributed by atoms with Gasteiger partial charge in [-0.2, -0.15) is 0 Å². The minimum atomic E-state index is -0.702. The highest BCUT2D eigenvalue weighted by molar-refractivity contribution is 5.93. The summed E-state index contributed by atoms with van der Waals surface area (Å²) in [6.07, 6.45) is 7.01. The van der Waals surface area contributed by atoms with Crippen LogP contribution in [-0.4, -0.2) is 47.1 Å². The second kappa shape index (κ2) is 7.25. The number of benzene rings is 1. The van der Waals surface area contributed by atoms with Crippen LogP contribution < -0.4 is 10.1 Å². The van der Waals surface area contributed by atoms with Crippen molar-refractivity contribution in [2.45, 2.75) is 24.8 Å². The largest absolute Gasteiger partial charge is 0.497 e. The maximum Gasteiger partial charge on any atom is 0.230 e. The molecule has 1 aromatic heterocycles. The number of hydrogen-bond acceptors (Lipinski definition) is 5. The van der Waals surface area contributed by atoms with Gasteiger partial charge in [0.2, 0.25) is 11.8 Å². The molecule has 2 aromatic rings. The molecule has 3 aliphatic heterocycles. The van der Waals surface area contributed by atoms with Gasteiger partial charge in [-0.15, -0.1) is 0 Å². The maximum absolute atomic E-state index is 13.2. The van der Waals surface area contributed by atoms with Crippen molar-refractivity contribution in [3.8, 4) is 5.75 Å². The Kier molecular flexibility index (Phi) is 4.55. The number of pyridine rings is 1. The fourth-order valence-electron chi connectivity index (χ4n) is 4.77. The van der Waals surface area contributed by atoms with Crippen molar-refractivity contribution in [2.24, 2.45) is 11.8 Å². The summed E-state index contributed by atoms with van der Waals surface area (Å²) in [5.74, 6) is -0.414. The maximum atomic E-state index is 13.2. The van der Waals surface area contributed by atoms with Gasteiger partial charge in [0.25, 0.3) is 0 Å². The summed E-state index contributed by atoms with van der Waals surface area (Å²) in [5, 5.41) is 2.98. The third-order valence-corrected chi connectivity index (χ3v) is 6.20. The molecule has 7 heteroatoms. The number of nitrogens with zero attached hydrogens (tertiary/aromatic N) is 2. The van der Waals surface area contributed by atoms with Gasteiger partial charge in [0.05, 0.1) is 31.6 Å². The Morgan fingerprint density at radius 3 is 2.87 bits per heavy atom. The zero-order valence-electron chi connectivity index (χ0n) is 16.7. The minimum absolute atomic E-state index is 0.0321. The molecule has 2 amide bonds. The average Bonchev–Trinajstić information content (AvgIpc) is 3.41. The van der Waals surface area contributed by atoms with Gasteiger partial charge in [-0.05, 0) is 29.3 Å². The van der Waals surface area contributed by atoms with E-state index in [1.165, 1.54) is 0 Å². The first-order valence-electron chi connectivity index (χ1n) is 10.1. The van der Waals surface area contributed by atoms with E-state index in [-0.39, 0.29) is 17.9 Å². The van der Waals surface area contributed by atoms with Crippen LogP contribution in [-0.2, 0) is 27.4 Å². The number of aromatic nitrogens is 1. The van der Waals surface area contributed by atoms with Crippen molar-refractivity contribution in [3.63, 3.8) is 0 Å². The molecule has 1 aromatic carbocycles. The molecule has 1 N–H and O–H groups in total. The first-order chi connectivity index (χ1) is 14.6. The van der Waals surface area contributed by atoms with Crippen molar-refractivity contribution in [2.75, 3.05) is 13.7 Å². The number of ether oxygens (including phenoxy) is 2. The Bertz CT molecular complexity index is 991. The minimum Gasteiger partial charge on any atom is -0.497 e. The summed E-state index contributed by atoms with van der Waals surface area (Å²) < 4.78 is 11.3. The fraction of sp³-hybridized carbons (Fsp3) is 0.348. The number of carbonyl (C=O) groups excluding carboxylic acids is 2. The Morgan fingerprint density at radius 1 is 1.30 bits per heavy atom. The lowest BCUT2D eigenvalue weighted by molar-refractivity contribution is -0.137. The smallest absolute Gasteiger partial charge is 0.230 e. The number of hydrogen-bond donors (Lipinski definition) is 1. The molecule has 2 fully saturated rings. The Morgan fingerprint density at radius 2 is 2.13 bits per heavy atom. The Labute approximate surface area is 174 Å². The summed E-state index contributed by atoms with van der Waals surface area (Å²) in [6, 6.07) is 11.3. The van der Waals surface area contributed by atoms with E-state index in [1.807, 2.05) is 48.6 Å². The zero-order valence-corrected chi connectivity index (χ0v) is 16.7. The monoisotopic (exact) mass is 405 g/mol. The predicted molar refractivity (Wildman–Crippen MR) is 108 cm³/mol. The number of carbonyl (C=O) groups is 2. The van der Waals surface area contributed by atoms with Crippen molar-refractivity contribution in [1.29, 1.82) is 0 Å². The molecule has 1 spiro atoms. The lowest BCUT2D eigenvalue weighted by Crippen LogP contribution is -2.43. The number of methoxy groups -OCH3 is 1. The van der Waals surface area contributed by atoms with Gasteiger partial charge in [0.15, 0.2) is 0 Å². The second-order valence-electron chi connectivity index (χ2n) is 8.02. The molecule has 2 saturated heterocycles. The average molecular weight is 405 g/mol. The normalized spacial score (nSPS) is 28.6. The fourth-order valence-corrected chi connectivity index (χ4v) is 4.77. The molecular weight excluding hydrogens is 382 g/mol. The molecule has 30 heavy (non-hydrogen) atoms. The molecule has 3 aliphatic rings. The molecular formula is C23H23N3O4. The van der Waals surface area contributed by atoms with Gasteiger partial charge in [-0.1, -0.05) is 30.4 Å². The van der Waals surface area contributed by atoms with E-state index in [4.69, 9.17) is 9.47 Å². The summed E-state index contributed by atoms with van der Waals surface area (Å²) in [6.45, 7) is 1.32. The highest BCUT2D eigenvalue weighted by atomic mass is 16.5. The van der Waals surface area contributed by atoms with Gasteiger partial charge < -0.3 is 19.7 Å². The number of fused-ring (bicyclic) bond motifs is 1. The Hall–Kier alpha value is -3.19. The lowest BCUT2D eigenvalue weighted by atomic mass is 9.77. The standard InChI is InChI=1S/C23H23N3O4/c1-29-17-6-4-15(5-7-17)12-25-21(27)19-18-8-9-23(30-18)14-26(22(28)20(19)23)13-16-3-2-10-24-11-16/h2-11,18-20H,12-14H2,1H3,(H,25,27)/t18-,19?,20-,23?/m0/s1. The molecule has 0 saturated carbocycles. The predicted octanol–water partition coefficient (Wildman–Crippen LogP) is 1.69. The highest BCUT2D eigenvalue weighted by Crippen LogP contribution is 2.52. The first-order valence-corrected chi connectivity index (χ1v) is 10.1. The van der Waals surface area contributed by atoms with Crippen LogP contribution in [0.15, 0.2) is 60.9 Å². The third kappa shape index (κ3) is 3.06. The van der Waals surface area contributed by atoms with Crippen molar-refractivity contribution in [1.82, 2.24) is 15.2 Å². The molecule has 0 radical (unpaired) electrons. The van der Waals surface area contributed by atoms with Crippen molar-refractivity contribution < 1.29 is 19.1 Å². The van der Waals surface area contributed by atoms with Crippen LogP contribution in [0.4, 0.5) is 0 Å². The van der Waals surface area contributed by atoms with Crippen molar-refractivity contribution >= 4 is 11.8 Å². The van der Waals surface area contributed by atoms with Crippen LogP contribution in [0.5, 0.6) is 5.75 Å². The second-order valence-corrected chi connectivity index (χ2v) is 8.02. The zero-order chi connectivity index (χ0) is 20.7. The van der Waals surface area contributed by atoms with Crippen LogP contribution in [0.2, 0.25) is 0 Å². The van der Waals surface area contributed by atoms with E-state index >= 15 is 0 Å².